The highest BCUT2D eigenvalue weighted by atomic mass is 35.5. The van der Waals surface area contributed by atoms with Crippen LogP contribution in [0.5, 0.6) is 0 Å². The Hall–Kier alpha value is -2.98. The quantitative estimate of drug-likeness (QED) is 0.562. The van der Waals surface area contributed by atoms with Crippen molar-refractivity contribution < 1.29 is 14.3 Å². The van der Waals surface area contributed by atoms with Crippen molar-refractivity contribution in [2.75, 3.05) is 6.61 Å². The second kappa shape index (κ2) is 8.36. The van der Waals surface area contributed by atoms with Gasteiger partial charge in [0.15, 0.2) is 12.4 Å². The van der Waals surface area contributed by atoms with Crippen LogP contribution < -0.4 is 0 Å². The average Bonchev–Trinajstić information content (AvgIpc) is 3.09. The smallest absolute Gasteiger partial charge is 0.303 e. The molecule has 2 heterocycles. The van der Waals surface area contributed by atoms with E-state index in [4.69, 9.17) is 22.9 Å². The Morgan fingerprint density at radius 3 is 2.71 bits per heavy atom. The minimum absolute atomic E-state index is 0.379. The highest BCUT2D eigenvalue weighted by Gasteiger charge is 2.41. The van der Waals surface area contributed by atoms with Crippen LogP contribution in [0.3, 0.4) is 0 Å². The van der Waals surface area contributed by atoms with Gasteiger partial charge in [0.25, 0.3) is 11.9 Å². The molecule has 0 N–H and O–H groups in total. The third-order valence-corrected chi connectivity index (χ3v) is 4.85. The number of carbonyl (C=O) groups excluding carboxylic acids is 2. The van der Waals surface area contributed by atoms with Crippen molar-refractivity contribution >= 4 is 35.0 Å². The fraction of sp³-hybridized carbons (Fsp3) is 0.350. The largest absolute Gasteiger partial charge is 0.456 e. The molecule has 0 radical (unpaired) electrons. The second-order valence-corrected chi connectivity index (χ2v) is 6.86. The number of rotatable bonds is 5. The van der Waals surface area contributed by atoms with E-state index in [2.05, 4.69) is 14.9 Å². The normalized spacial score (nSPS) is 18.0. The van der Waals surface area contributed by atoms with Crippen LogP contribution in [0.15, 0.2) is 35.5 Å². The average molecular weight is 399 g/mol. The summed E-state index contributed by atoms with van der Waals surface area (Å²) in [7, 11) is 0. The zero-order valence-corrected chi connectivity index (χ0v) is 16.3. The Labute approximate surface area is 167 Å². The van der Waals surface area contributed by atoms with Crippen molar-refractivity contribution in [3.05, 3.63) is 58.0 Å². The molecule has 2 unspecified atom stereocenters. The molecular formula is C20H19ClN4O3. The predicted octanol–water partition coefficient (Wildman–Crippen LogP) is 4.05. The number of halogens is 1. The van der Waals surface area contributed by atoms with E-state index in [1.807, 2.05) is 25.1 Å². The number of ether oxygens (including phenoxy) is 1. The molecule has 144 valence electrons. The lowest BCUT2D eigenvalue weighted by Gasteiger charge is -2.24. The minimum Gasteiger partial charge on any atom is -0.456 e. The van der Waals surface area contributed by atoms with Crippen LogP contribution in [0.1, 0.15) is 48.5 Å². The van der Waals surface area contributed by atoms with Crippen molar-refractivity contribution in [2.24, 2.45) is 4.99 Å². The van der Waals surface area contributed by atoms with E-state index in [1.54, 1.807) is 12.3 Å². The molecule has 7 nitrogen and oxygen atoms in total. The fourth-order valence-electron chi connectivity index (χ4n) is 3.28. The fourth-order valence-corrected chi connectivity index (χ4v) is 3.53. The van der Waals surface area contributed by atoms with Gasteiger partial charge in [0, 0.05) is 23.7 Å². The summed E-state index contributed by atoms with van der Waals surface area (Å²) in [5, 5.41) is 4.82. The molecule has 0 aliphatic carbocycles. The summed E-state index contributed by atoms with van der Waals surface area (Å²) >= 11 is 6.43. The summed E-state index contributed by atoms with van der Waals surface area (Å²) in [6.07, 6.45) is 3.04. The van der Waals surface area contributed by atoms with Crippen molar-refractivity contribution in [1.82, 2.24) is 9.78 Å². The Balaban J connectivity index is 2.09. The first-order valence-electron chi connectivity index (χ1n) is 8.90. The van der Waals surface area contributed by atoms with Crippen LogP contribution in [0.2, 0.25) is 5.02 Å². The van der Waals surface area contributed by atoms with Crippen LogP contribution in [0.25, 0.3) is 4.85 Å². The predicted molar refractivity (Wildman–Crippen MR) is 105 cm³/mol. The molecule has 0 amide bonds. The van der Waals surface area contributed by atoms with Gasteiger partial charge in [-0.1, -0.05) is 43.1 Å². The van der Waals surface area contributed by atoms with Crippen LogP contribution in [0, 0.1) is 6.57 Å². The summed E-state index contributed by atoms with van der Waals surface area (Å²) < 4.78 is 5.89. The van der Waals surface area contributed by atoms with Gasteiger partial charge in [-0.05, 0) is 18.1 Å². The molecule has 28 heavy (non-hydrogen) atoms. The first-order chi connectivity index (χ1) is 13.5. The maximum Gasteiger partial charge on any atom is 0.303 e. The standard InChI is InChI=1S/C20H19ClN4O3/c1-4-7-16-19(22-3)18(13-8-5-6-9-15(13)21)14-10-25(24-20(14)23-16)17(27)11-28-12(2)26/h5-6,8-10,18-19H,4,7,11H2,1-2H3. The van der Waals surface area contributed by atoms with E-state index in [-0.39, 0.29) is 5.92 Å². The number of hydrogen-bond acceptors (Lipinski definition) is 5. The number of aliphatic imine (C=N–C) groups is 1. The van der Waals surface area contributed by atoms with Crippen molar-refractivity contribution in [2.45, 2.75) is 38.6 Å². The van der Waals surface area contributed by atoms with Gasteiger partial charge in [-0.25, -0.2) is 16.2 Å². The minimum atomic E-state index is -0.546. The van der Waals surface area contributed by atoms with Crippen molar-refractivity contribution in [3.8, 4) is 0 Å². The van der Waals surface area contributed by atoms with Gasteiger partial charge >= 0.3 is 5.97 Å². The van der Waals surface area contributed by atoms with Gasteiger partial charge < -0.3 is 9.58 Å². The number of aromatic nitrogens is 2. The molecule has 0 saturated carbocycles. The van der Waals surface area contributed by atoms with Gasteiger partial charge in [-0.15, -0.1) is 5.10 Å². The number of hydrogen-bond donors (Lipinski definition) is 0. The monoisotopic (exact) mass is 398 g/mol. The molecule has 0 bridgehead atoms. The zero-order valence-electron chi connectivity index (χ0n) is 15.6. The lowest BCUT2D eigenvalue weighted by atomic mass is 9.81. The van der Waals surface area contributed by atoms with E-state index >= 15 is 0 Å². The molecule has 8 heteroatoms. The van der Waals surface area contributed by atoms with Crippen molar-refractivity contribution in [1.29, 1.82) is 0 Å². The third kappa shape index (κ3) is 3.82. The number of nitrogens with zero attached hydrogens (tertiary/aromatic N) is 4. The van der Waals surface area contributed by atoms with E-state index in [0.717, 1.165) is 22.4 Å². The third-order valence-electron chi connectivity index (χ3n) is 4.50. The first kappa shape index (κ1) is 19.8. The van der Waals surface area contributed by atoms with Crippen LogP contribution in [-0.4, -0.2) is 40.0 Å². The Kier molecular flexibility index (Phi) is 5.90. The van der Waals surface area contributed by atoms with Gasteiger partial charge in [0.2, 0.25) is 0 Å². The summed E-state index contributed by atoms with van der Waals surface area (Å²) in [6, 6.07) is 6.83. The Morgan fingerprint density at radius 1 is 1.32 bits per heavy atom. The number of fused-ring (bicyclic) bond motifs is 1. The first-order valence-corrected chi connectivity index (χ1v) is 9.28. The number of benzene rings is 1. The molecule has 1 aromatic heterocycles. The molecular weight excluding hydrogens is 380 g/mol. The summed E-state index contributed by atoms with van der Waals surface area (Å²) in [5.41, 5.74) is 2.18. The van der Waals surface area contributed by atoms with Crippen molar-refractivity contribution in [3.63, 3.8) is 0 Å². The lowest BCUT2D eigenvalue weighted by molar-refractivity contribution is -0.139. The van der Waals surface area contributed by atoms with E-state index in [0.29, 0.717) is 22.8 Å². The van der Waals surface area contributed by atoms with E-state index < -0.39 is 24.5 Å². The molecule has 0 saturated heterocycles. The lowest BCUT2D eigenvalue weighted by Crippen LogP contribution is -2.29. The molecule has 1 aliphatic heterocycles. The molecule has 3 rings (SSSR count). The summed E-state index contributed by atoms with van der Waals surface area (Å²) in [5.74, 6) is -1.02. The molecule has 1 aliphatic rings. The maximum atomic E-state index is 12.3. The second-order valence-electron chi connectivity index (χ2n) is 6.45. The van der Waals surface area contributed by atoms with Crippen LogP contribution in [-0.2, 0) is 9.53 Å². The number of esters is 1. The topological polar surface area (TPSA) is 77.9 Å². The molecule has 2 atom stereocenters. The van der Waals surface area contributed by atoms with E-state index in [1.165, 1.54) is 6.92 Å². The Morgan fingerprint density at radius 2 is 2.07 bits per heavy atom. The van der Waals surface area contributed by atoms with Crippen LogP contribution in [0.4, 0.5) is 5.82 Å². The summed E-state index contributed by atoms with van der Waals surface area (Å²) in [6.45, 7) is 10.6. The zero-order chi connectivity index (χ0) is 20.3. The molecule has 0 fully saturated rings. The highest BCUT2D eigenvalue weighted by Crippen LogP contribution is 2.42. The van der Waals surface area contributed by atoms with E-state index in [9.17, 15) is 9.59 Å². The molecule has 0 spiro atoms. The van der Waals surface area contributed by atoms with Gasteiger partial charge in [0.1, 0.15) is 5.71 Å². The van der Waals surface area contributed by atoms with Gasteiger partial charge in [0.05, 0.1) is 5.92 Å². The summed E-state index contributed by atoms with van der Waals surface area (Å²) in [4.78, 5) is 31.7. The van der Waals surface area contributed by atoms with Gasteiger partial charge in [-0.3, -0.25) is 9.59 Å². The van der Waals surface area contributed by atoms with Gasteiger partial charge in [-0.2, -0.15) is 0 Å². The SMILES string of the molecule is [C-]#[N+]C1C(CCC)=Nc2nn(C(=O)COC(C)=O)cc2C1c1ccccc1Cl. The molecule has 1 aromatic carbocycles. The maximum absolute atomic E-state index is 12.3. The highest BCUT2D eigenvalue weighted by molar-refractivity contribution is 6.31. The molecule has 2 aromatic rings. The van der Waals surface area contributed by atoms with Crippen LogP contribution >= 0.6 is 11.6 Å². The Bertz CT molecular complexity index is 990. The number of carbonyl (C=O) groups is 2.